The van der Waals surface area contributed by atoms with Crippen LogP contribution in [0.25, 0.3) is 11.1 Å². The average molecular weight is 236 g/mol. The summed E-state index contributed by atoms with van der Waals surface area (Å²) in [6.07, 6.45) is 0.437. The van der Waals surface area contributed by atoms with Crippen LogP contribution in [-0.4, -0.2) is 0 Å². The van der Waals surface area contributed by atoms with Gasteiger partial charge in [-0.1, -0.05) is 31.2 Å². The summed E-state index contributed by atoms with van der Waals surface area (Å²) in [6.45, 7) is 1.76. The zero-order chi connectivity index (χ0) is 12.4. The molecule has 0 aromatic heterocycles. The fourth-order valence-electron chi connectivity index (χ4n) is 1.71. The topological polar surface area (TPSA) is 0 Å². The second-order valence-electron chi connectivity index (χ2n) is 3.76. The summed E-state index contributed by atoms with van der Waals surface area (Å²) in [5.41, 5.74) is 0.957. The van der Waals surface area contributed by atoms with Crippen molar-refractivity contribution in [2.24, 2.45) is 0 Å². The Hall–Kier alpha value is -1.77. The largest absolute Gasteiger partial charge is 0.207 e. The van der Waals surface area contributed by atoms with E-state index in [1.54, 1.807) is 13.0 Å². The van der Waals surface area contributed by atoms with Crippen molar-refractivity contribution >= 4 is 0 Å². The van der Waals surface area contributed by atoms with E-state index >= 15 is 0 Å². The third kappa shape index (κ3) is 2.18. The van der Waals surface area contributed by atoms with Crippen LogP contribution in [0.3, 0.4) is 0 Å². The minimum Gasteiger partial charge on any atom is -0.207 e. The third-order valence-corrected chi connectivity index (χ3v) is 2.70. The number of hydrogen-bond donors (Lipinski definition) is 0. The predicted molar refractivity (Wildman–Crippen MR) is 61.1 cm³/mol. The molecule has 3 heteroatoms. The lowest BCUT2D eigenvalue weighted by atomic mass is 10.0. The molecule has 0 spiro atoms. The van der Waals surface area contributed by atoms with Crippen molar-refractivity contribution in [2.75, 3.05) is 0 Å². The molecular formula is C14H11F3. The molecule has 0 aliphatic rings. The first-order valence-electron chi connectivity index (χ1n) is 5.36. The van der Waals surface area contributed by atoms with Crippen LogP contribution in [0, 0.1) is 17.5 Å². The average Bonchev–Trinajstić information content (AvgIpc) is 2.34. The van der Waals surface area contributed by atoms with Crippen LogP contribution in [0.4, 0.5) is 13.2 Å². The number of rotatable bonds is 2. The van der Waals surface area contributed by atoms with Crippen LogP contribution in [-0.2, 0) is 6.42 Å². The van der Waals surface area contributed by atoms with Gasteiger partial charge >= 0.3 is 0 Å². The Morgan fingerprint density at radius 2 is 1.47 bits per heavy atom. The van der Waals surface area contributed by atoms with Crippen LogP contribution in [0.15, 0.2) is 36.4 Å². The van der Waals surface area contributed by atoms with Gasteiger partial charge < -0.3 is 0 Å². The minimum atomic E-state index is -0.879. The van der Waals surface area contributed by atoms with Crippen molar-refractivity contribution in [3.05, 3.63) is 59.4 Å². The highest BCUT2D eigenvalue weighted by Gasteiger charge is 2.13. The normalized spacial score (nSPS) is 10.6. The van der Waals surface area contributed by atoms with Crippen molar-refractivity contribution in [1.29, 1.82) is 0 Å². The van der Waals surface area contributed by atoms with Crippen molar-refractivity contribution in [3.8, 4) is 11.1 Å². The summed E-state index contributed by atoms with van der Waals surface area (Å²) in [5, 5.41) is 0. The number of halogens is 3. The summed E-state index contributed by atoms with van der Waals surface area (Å²) >= 11 is 0. The SMILES string of the molecule is CCc1ccc(-c2ccc(F)cc2)c(F)c1F. The molecule has 0 fully saturated rings. The maximum absolute atomic E-state index is 13.8. The first kappa shape index (κ1) is 11.7. The lowest BCUT2D eigenvalue weighted by molar-refractivity contribution is 0.502. The van der Waals surface area contributed by atoms with Gasteiger partial charge in [0.25, 0.3) is 0 Å². The van der Waals surface area contributed by atoms with E-state index in [0.29, 0.717) is 17.5 Å². The van der Waals surface area contributed by atoms with Gasteiger partial charge in [-0.2, -0.15) is 0 Å². The van der Waals surface area contributed by atoms with E-state index in [4.69, 9.17) is 0 Å². The molecule has 2 aromatic carbocycles. The lowest BCUT2D eigenvalue weighted by Gasteiger charge is -2.07. The maximum Gasteiger partial charge on any atom is 0.166 e. The molecule has 0 aliphatic carbocycles. The molecule has 0 atom stereocenters. The molecule has 0 amide bonds. The third-order valence-electron chi connectivity index (χ3n) is 2.70. The second-order valence-corrected chi connectivity index (χ2v) is 3.76. The molecule has 0 saturated carbocycles. The van der Waals surface area contributed by atoms with Crippen molar-refractivity contribution in [2.45, 2.75) is 13.3 Å². The fourth-order valence-corrected chi connectivity index (χ4v) is 1.71. The fraction of sp³-hybridized carbons (Fsp3) is 0.143. The van der Waals surface area contributed by atoms with Gasteiger partial charge in [-0.05, 0) is 29.7 Å². The molecule has 0 nitrogen and oxygen atoms in total. The standard InChI is InChI=1S/C14H11F3/c1-2-9-5-8-12(14(17)13(9)16)10-3-6-11(15)7-4-10/h3-8H,2H2,1H3. The van der Waals surface area contributed by atoms with E-state index in [9.17, 15) is 13.2 Å². The van der Waals surface area contributed by atoms with Gasteiger partial charge in [-0.15, -0.1) is 0 Å². The monoisotopic (exact) mass is 236 g/mol. The molecule has 2 rings (SSSR count). The molecular weight excluding hydrogens is 225 g/mol. The number of benzene rings is 2. The highest BCUT2D eigenvalue weighted by atomic mass is 19.2. The molecule has 88 valence electrons. The van der Waals surface area contributed by atoms with Crippen LogP contribution < -0.4 is 0 Å². The molecule has 0 bridgehead atoms. The van der Waals surface area contributed by atoms with Crippen molar-refractivity contribution in [3.63, 3.8) is 0 Å². The Bertz CT molecular complexity index is 530. The molecule has 0 N–H and O–H groups in total. The Morgan fingerprint density at radius 3 is 2.06 bits per heavy atom. The van der Waals surface area contributed by atoms with Crippen molar-refractivity contribution < 1.29 is 13.2 Å². The van der Waals surface area contributed by atoms with Gasteiger partial charge in [-0.25, -0.2) is 13.2 Å². The smallest absolute Gasteiger partial charge is 0.166 e. The number of hydrogen-bond acceptors (Lipinski definition) is 0. The molecule has 0 heterocycles. The molecule has 0 saturated heterocycles. The zero-order valence-corrected chi connectivity index (χ0v) is 9.31. The summed E-state index contributed by atoms with van der Waals surface area (Å²) in [5.74, 6) is -2.11. The van der Waals surface area contributed by atoms with Crippen LogP contribution >= 0.6 is 0 Å². The van der Waals surface area contributed by atoms with E-state index in [0.717, 1.165) is 0 Å². The van der Waals surface area contributed by atoms with Gasteiger partial charge in [-0.3, -0.25) is 0 Å². The molecule has 2 aromatic rings. The van der Waals surface area contributed by atoms with Gasteiger partial charge in [0.05, 0.1) is 0 Å². The van der Waals surface area contributed by atoms with E-state index in [1.165, 1.54) is 30.3 Å². The quantitative estimate of drug-likeness (QED) is 0.727. The van der Waals surface area contributed by atoms with Gasteiger partial charge in [0.1, 0.15) is 5.82 Å². The predicted octanol–water partition coefficient (Wildman–Crippen LogP) is 4.33. The van der Waals surface area contributed by atoms with E-state index in [2.05, 4.69) is 0 Å². The van der Waals surface area contributed by atoms with E-state index < -0.39 is 17.5 Å². The first-order chi connectivity index (χ1) is 8.13. The number of aryl methyl sites for hydroxylation is 1. The second kappa shape index (κ2) is 4.62. The van der Waals surface area contributed by atoms with Gasteiger partial charge in [0.2, 0.25) is 0 Å². The van der Waals surface area contributed by atoms with Gasteiger partial charge in [0.15, 0.2) is 11.6 Å². The lowest BCUT2D eigenvalue weighted by Crippen LogP contribution is -1.95. The van der Waals surface area contributed by atoms with Crippen molar-refractivity contribution in [1.82, 2.24) is 0 Å². The first-order valence-corrected chi connectivity index (χ1v) is 5.36. The Labute approximate surface area is 97.7 Å². The maximum atomic E-state index is 13.8. The summed E-state index contributed by atoms with van der Waals surface area (Å²) in [4.78, 5) is 0. The highest BCUT2D eigenvalue weighted by molar-refractivity contribution is 5.64. The van der Waals surface area contributed by atoms with E-state index in [1.807, 2.05) is 0 Å². The highest BCUT2D eigenvalue weighted by Crippen LogP contribution is 2.26. The van der Waals surface area contributed by atoms with Gasteiger partial charge in [0, 0.05) is 5.56 Å². The summed E-state index contributed by atoms with van der Waals surface area (Å²) < 4.78 is 40.1. The molecule has 17 heavy (non-hydrogen) atoms. The minimum absolute atomic E-state index is 0.153. The van der Waals surface area contributed by atoms with E-state index in [-0.39, 0.29) is 5.56 Å². The molecule has 0 aliphatic heterocycles. The summed E-state index contributed by atoms with van der Waals surface area (Å²) in [7, 11) is 0. The summed E-state index contributed by atoms with van der Waals surface area (Å²) in [6, 6.07) is 8.38. The molecule has 0 unspecified atom stereocenters. The van der Waals surface area contributed by atoms with Crippen LogP contribution in [0.2, 0.25) is 0 Å². The Kier molecular flexibility index (Phi) is 3.18. The van der Waals surface area contributed by atoms with Crippen LogP contribution in [0.5, 0.6) is 0 Å². The van der Waals surface area contributed by atoms with Crippen LogP contribution in [0.1, 0.15) is 12.5 Å². The Morgan fingerprint density at radius 1 is 0.824 bits per heavy atom. The molecule has 0 radical (unpaired) electrons. The Balaban J connectivity index is 2.53. The zero-order valence-electron chi connectivity index (χ0n) is 9.31.